The van der Waals surface area contributed by atoms with Crippen LogP contribution in [0.5, 0.6) is 5.88 Å². The van der Waals surface area contributed by atoms with Crippen LogP contribution in [0.25, 0.3) is 0 Å². The summed E-state index contributed by atoms with van der Waals surface area (Å²) in [5, 5.41) is 0.723. The summed E-state index contributed by atoms with van der Waals surface area (Å²) in [5.74, 6) is -0.0919. The Labute approximate surface area is 127 Å². The minimum absolute atomic E-state index is 0.175. The summed E-state index contributed by atoms with van der Waals surface area (Å²) in [6.07, 6.45) is 1.97. The Hall–Kier alpha value is -2.07. The van der Waals surface area contributed by atoms with Crippen LogP contribution in [0.2, 0.25) is 5.02 Å². The SMILES string of the molecule is COc1nc([C@@H]2CCc3ccc(Cl)cc32)ccc1C(N)=O. The molecule has 1 atom stereocenters. The Balaban J connectivity index is 2.03. The zero-order chi connectivity index (χ0) is 15.0. The largest absolute Gasteiger partial charge is 0.480 e. The summed E-state index contributed by atoms with van der Waals surface area (Å²) in [6.45, 7) is 0. The first-order valence-electron chi connectivity index (χ1n) is 6.73. The Morgan fingerprint density at radius 2 is 2.19 bits per heavy atom. The van der Waals surface area contributed by atoms with E-state index >= 15 is 0 Å². The zero-order valence-electron chi connectivity index (χ0n) is 11.6. The minimum Gasteiger partial charge on any atom is -0.480 e. The van der Waals surface area contributed by atoms with Gasteiger partial charge >= 0.3 is 0 Å². The first-order chi connectivity index (χ1) is 10.1. The highest BCUT2D eigenvalue weighted by Crippen LogP contribution is 2.39. The molecule has 0 saturated carbocycles. The van der Waals surface area contributed by atoms with Crippen LogP contribution in [0.4, 0.5) is 0 Å². The number of amides is 1. The van der Waals surface area contributed by atoms with E-state index in [4.69, 9.17) is 22.1 Å². The Morgan fingerprint density at radius 1 is 1.38 bits per heavy atom. The topological polar surface area (TPSA) is 65.2 Å². The van der Waals surface area contributed by atoms with Gasteiger partial charge in [0.2, 0.25) is 5.88 Å². The van der Waals surface area contributed by atoms with E-state index in [-0.39, 0.29) is 11.8 Å². The number of carbonyl (C=O) groups is 1. The van der Waals surface area contributed by atoms with Crippen molar-refractivity contribution < 1.29 is 9.53 Å². The summed E-state index contributed by atoms with van der Waals surface area (Å²) >= 11 is 6.10. The quantitative estimate of drug-likeness (QED) is 0.948. The molecule has 1 aliphatic carbocycles. The number of methoxy groups -OCH3 is 1. The summed E-state index contributed by atoms with van der Waals surface area (Å²) in [4.78, 5) is 15.8. The lowest BCUT2D eigenvalue weighted by Crippen LogP contribution is -2.14. The van der Waals surface area contributed by atoms with E-state index in [9.17, 15) is 4.79 Å². The van der Waals surface area contributed by atoms with Crippen LogP contribution in [0.15, 0.2) is 30.3 Å². The van der Waals surface area contributed by atoms with Crippen LogP contribution in [0.3, 0.4) is 0 Å². The second-order valence-corrected chi connectivity index (χ2v) is 5.53. The number of hydrogen-bond donors (Lipinski definition) is 1. The third-order valence-corrected chi connectivity index (χ3v) is 4.12. The number of fused-ring (bicyclic) bond motifs is 1. The molecule has 0 radical (unpaired) electrons. The fourth-order valence-corrected chi connectivity index (χ4v) is 3.05. The second kappa shape index (κ2) is 5.37. The molecule has 21 heavy (non-hydrogen) atoms. The smallest absolute Gasteiger partial charge is 0.254 e. The number of primary amides is 1. The first-order valence-corrected chi connectivity index (χ1v) is 7.11. The molecule has 1 aromatic heterocycles. The van der Waals surface area contributed by atoms with Crippen LogP contribution in [0, 0.1) is 0 Å². The molecule has 0 fully saturated rings. The molecule has 108 valence electrons. The minimum atomic E-state index is -0.541. The van der Waals surface area contributed by atoms with Gasteiger partial charge in [-0.2, -0.15) is 0 Å². The Morgan fingerprint density at radius 3 is 2.90 bits per heavy atom. The van der Waals surface area contributed by atoms with Crippen molar-refractivity contribution in [3.63, 3.8) is 0 Å². The predicted octanol–water partition coefficient (Wildman–Crippen LogP) is 2.92. The molecular formula is C16H15ClN2O2. The number of nitrogens with two attached hydrogens (primary N) is 1. The molecule has 4 nitrogen and oxygen atoms in total. The van der Waals surface area contributed by atoms with Crippen LogP contribution in [-0.4, -0.2) is 18.0 Å². The fourth-order valence-electron chi connectivity index (χ4n) is 2.87. The van der Waals surface area contributed by atoms with Crippen LogP contribution < -0.4 is 10.5 Å². The van der Waals surface area contributed by atoms with Gasteiger partial charge in [0.1, 0.15) is 5.56 Å². The van der Waals surface area contributed by atoms with Crippen molar-refractivity contribution in [2.45, 2.75) is 18.8 Å². The van der Waals surface area contributed by atoms with Crippen molar-refractivity contribution in [3.8, 4) is 5.88 Å². The van der Waals surface area contributed by atoms with Crippen molar-refractivity contribution >= 4 is 17.5 Å². The van der Waals surface area contributed by atoms with Gasteiger partial charge in [-0.3, -0.25) is 4.79 Å². The normalized spacial score (nSPS) is 16.6. The van der Waals surface area contributed by atoms with Crippen LogP contribution in [0.1, 0.15) is 39.5 Å². The maximum Gasteiger partial charge on any atom is 0.254 e. The molecule has 2 N–H and O–H groups in total. The molecule has 1 amide bonds. The van der Waals surface area contributed by atoms with Gasteiger partial charge < -0.3 is 10.5 Å². The van der Waals surface area contributed by atoms with Gasteiger partial charge in [-0.1, -0.05) is 17.7 Å². The van der Waals surface area contributed by atoms with Crippen LogP contribution in [-0.2, 0) is 6.42 Å². The van der Waals surface area contributed by atoms with E-state index in [0.29, 0.717) is 5.56 Å². The summed E-state index contributed by atoms with van der Waals surface area (Å²) in [5.41, 5.74) is 8.98. The highest BCUT2D eigenvalue weighted by atomic mass is 35.5. The molecular weight excluding hydrogens is 288 g/mol. The molecule has 0 aliphatic heterocycles. The highest BCUT2D eigenvalue weighted by molar-refractivity contribution is 6.30. The average molecular weight is 303 g/mol. The van der Waals surface area contributed by atoms with Gasteiger partial charge in [0.05, 0.1) is 12.8 Å². The van der Waals surface area contributed by atoms with Crippen molar-refractivity contribution in [1.29, 1.82) is 0 Å². The van der Waals surface area contributed by atoms with E-state index < -0.39 is 5.91 Å². The number of benzene rings is 1. The summed E-state index contributed by atoms with van der Waals surface area (Å²) < 4.78 is 5.18. The summed E-state index contributed by atoms with van der Waals surface area (Å²) in [6, 6.07) is 9.47. The third kappa shape index (κ3) is 2.47. The van der Waals surface area contributed by atoms with Crippen molar-refractivity contribution in [2.24, 2.45) is 5.73 Å². The van der Waals surface area contributed by atoms with Gasteiger partial charge in [-0.05, 0) is 48.2 Å². The number of aromatic nitrogens is 1. The molecule has 2 aromatic rings. The number of halogens is 1. The van der Waals surface area contributed by atoms with Gasteiger partial charge in [-0.15, -0.1) is 0 Å². The second-order valence-electron chi connectivity index (χ2n) is 5.09. The lowest BCUT2D eigenvalue weighted by Gasteiger charge is -2.14. The summed E-state index contributed by atoms with van der Waals surface area (Å²) in [7, 11) is 1.48. The van der Waals surface area contributed by atoms with Gasteiger partial charge in [0.25, 0.3) is 5.91 Å². The number of hydrogen-bond acceptors (Lipinski definition) is 3. The molecule has 3 rings (SSSR count). The molecule has 0 saturated heterocycles. The lowest BCUT2D eigenvalue weighted by atomic mass is 9.97. The number of ether oxygens (including phenoxy) is 1. The monoisotopic (exact) mass is 302 g/mol. The highest BCUT2D eigenvalue weighted by Gasteiger charge is 2.26. The molecule has 0 spiro atoms. The molecule has 1 aromatic carbocycles. The van der Waals surface area contributed by atoms with E-state index in [1.807, 2.05) is 18.2 Å². The fraction of sp³-hybridized carbons (Fsp3) is 0.250. The van der Waals surface area contributed by atoms with E-state index in [0.717, 1.165) is 23.6 Å². The van der Waals surface area contributed by atoms with Gasteiger partial charge in [-0.25, -0.2) is 4.98 Å². The Kier molecular flexibility index (Phi) is 3.55. The average Bonchev–Trinajstić information content (AvgIpc) is 2.89. The number of carbonyl (C=O) groups excluding carboxylic acids is 1. The van der Waals surface area contributed by atoms with Gasteiger partial charge in [0.15, 0.2) is 0 Å². The predicted molar refractivity (Wildman–Crippen MR) is 80.9 cm³/mol. The van der Waals surface area contributed by atoms with Crippen molar-refractivity contribution in [3.05, 3.63) is 57.7 Å². The lowest BCUT2D eigenvalue weighted by molar-refractivity contribution is 0.0996. The molecule has 0 unspecified atom stereocenters. The Bertz CT molecular complexity index is 715. The van der Waals surface area contributed by atoms with E-state index in [1.54, 1.807) is 6.07 Å². The third-order valence-electron chi connectivity index (χ3n) is 3.88. The molecule has 1 aliphatic rings. The van der Waals surface area contributed by atoms with E-state index in [1.165, 1.54) is 18.2 Å². The number of rotatable bonds is 3. The maximum atomic E-state index is 11.3. The molecule has 0 bridgehead atoms. The van der Waals surface area contributed by atoms with Crippen molar-refractivity contribution in [2.75, 3.05) is 7.11 Å². The molecule has 1 heterocycles. The standard InChI is InChI=1S/C16H15ClN2O2/c1-21-16-12(15(18)20)6-7-14(19-16)11-5-3-9-2-4-10(17)8-13(9)11/h2,4,6-8,11H,3,5H2,1H3,(H2,18,20)/t11-/m1/s1. The molecule has 5 heteroatoms. The maximum absolute atomic E-state index is 11.3. The van der Waals surface area contributed by atoms with Crippen LogP contribution >= 0.6 is 11.6 Å². The van der Waals surface area contributed by atoms with E-state index in [2.05, 4.69) is 11.1 Å². The number of aryl methyl sites for hydroxylation is 1. The zero-order valence-corrected chi connectivity index (χ0v) is 12.4. The number of pyridine rings is 1. The first kappa shape index (κ1) is 13.9. The van der Waals surface area contributed by atoms with Crippen molar-refractivity contribution in [1.82, 2.24) is 4.98 Å². The van der Waals surface area contributed by atoms with Gasteiger partial charge in [0, 0.05) is 10.9 Å². The number of nitrogens with zero attached hydrogens (tertiary/aromatic N) is 1.